The number of rotatable bonds is 9. The number of hydrogen-bond acceptors (Lipinski definition) is 6. The van der Waals surface area contributed by atoms with Crippen LogP contribution in [0.25, 0.3) is 12.2 Å². The van der Waals surface area contributed by atoms with Crippen LogP contribution in [-0.2, 0) is 4.79 Å². The van der Waals surface area contributed by atoms with E-state index in [1.54, 1.807) is 42.5 Å². The Bertz CT molecular complexity index is 1020. The van der Waals surface area contributed by atoms with Crippen molar-refractivity contribution in [1.82, 2.24) is 0 Å². The van der Waals surface area contributed by atoms with Crippen molar-refractivity contribution in [2.24, 2.45) is 0 Å². The van der Waals surface area contributed by atoms with Crippen molar-refractivity contribution in [2.75, 3.05) is 20.8 Å². The lowest BCUT2D eigenvalue weighted by Crippen LogP contribution is -1.96. The summed E-state index contributed by atoms with van der Waals surface area (Å²) < 4.78 is 15.7. The Balaban J connectivity index is 2.05. The number of ether oxygens (including phenoxy) is 3. The van der Waals surface area contributed by atoms with Gasteiger partial charge >= 0.3 is 0 Å². The average Bonchev–Trinajstić information content (AvgIpc) is 2.75. The van der Waals surface area contributed by atoms with E-state index in [-0.39, 0.29) is 18.1 Å². The van der Waals surface area contributed by atoms with Gasteiger partial charge in [-0.25, -0.2) is 0 Å². The first-order valence-electron chi connectivity index (χ1n) is 8.89. The van der Waals surface area contributed by atoms with Crippen LogP contribution in [0.15, 0.2) is 60.4 Å². The number of terminal acetylenes is 1. The van der Waals surface area contributed by atoms with Crippen LogP contribution in [0.2, 0.25) is 0 Å². The number of carbonyl (C=O) groups is 1. The van der Waals surface area contributed by atoms with Gasteiger partial charge in [0.15, 0.2) is 28.8 Å². The predicted octanol–water partition coefficient (Wildman–Crippen LogP) is 4.16. The topological polar surface area (TPSA) is 85.2 Å². The molecule has 0 heterocycles. The molecule has 0 aromatic heterocycles. The standard InChI is InChI=1S/C24H22O6/c1-4-13-30-22-12-8-18(15-24(22)29-3)6-10-20(26)16-19(25)9-5-17-7-11-21(27)23(14-17)28-2/h1,5-12,14-16,26-27H,13H2,2-3H3/b9-5+,10-6+,20-16-. The Labute approximate surface area is 175 Å². The summed E-state index contributed by atoms with van der Waals surface area (Å²) in [5.41, 5.74) is 1.40. The van der Waals surface area contributed by atoms with Gasteiger partial charge in [0.1, 0.15) is 12.4 Å². The maximum absolute atomic E-state index is 12.0. The molecule has 2 rings (SSSR count). The molecule has 0 unspecified atom stereocenters. The summed E-state index contributed by atoms with van der Waals surface area (Å²) in [4.78, 5) is 12.0. The van der Waals surface area contributed by atoms with Crippen LogP contribution < -0.4 is 14.2 Å². The molecule has 0 spiro atoms. The van der Waals surface area contributed by atoms with E-state index in [1.807, 2.05) is 0 Å². The Kier molecular flexibility index (Phi) is 8.15. The number of ketones is 1. The first kappa shape index (κ1) is 22.2. The molecule has 0 atom stereocenters. The van der Waals surface area contributed by atoms with E-state index in [2.05, 4.69) is 5.92 Å². The van der Waals surface area contributed by atoms with E-state index >= 15 is 0 Å². The molecule has 0 bridgehead atoms. The molecule has 6 heteroatoms. The number of phenols is 1. The largest absolute Gasteiger partial charge is 0.508 e. The van der Waals surface area contributed by atoms with Crippen molar-refractivity contribution in [2.45, 2.75) is 0 Å². The smallest absolute Gasteiger partial charge is 0.182 e. The lowest BCUT2D eigenvalue weighted by Gasteiger charge is -2.09. The molecule has 30 heavy (non-hydrogen) atoms. The van der Waals surface area contributed by atoms with Gasteiger partial charge in [0.2, 0.25) is 0 Å². The second kappa shape index (κ2) is 11.0. The summed E-state index contributed by atoms with van der Waals surface area (Å²) in [6.07, 6.45) is 12.1. The highest BCUT2D eigenvalue weighted by Crippen LogP contribution is 2.29. The van der Waals surface area contributed by atoms with Gasteiger partial charge in [-0.3, -0.25) is 4.79 Å². The number of methoxy groups -OCH3 is 2. The second-order valence-corrected chi connectivity index (χ2v) is 5.97. The Morgan fingerprint density at radius 3 is 2.30 bits per heavy atom. The summed E-state index contributed by atoms with van der Waals surface area (Å²) in [6, 6.07) is 9.88. The Morgan fingerprint density at radius 2 is 1.63 bits per heavy atom. The molecule has 0 radical (unpaired) electrons. The molecular formula is C24H22O6. The third-order valence-corrected chi connectivity index (χ3v) is 3.88. The number of carbonyl (C=O) groups excluding carboxylic acids is 1. The molecule has 0 amide bonds. The normalized spacial score (nSPS) is 11.4. The van der Waals surface area contributed by atoms with Crippen molar-refractivity contribution < 1.29 is 29.2 Å². The van der Waals surface area contributed by atoms with Crippen LogP contribution in [0.1, 0.15) is 11.1 Å². The van der Waals surface area contributed by atoms with E-state index in [0.29, 0.717) is 22.8 Å². The van der Waals surface area contributed by atoms with Gasteiger partial charge in [-0.2, -0.15) is 0 Å². The quantitative estimate of drug-likeness (QED) is 0.282. The summed E-state index contributed by atoms with van der Waals surface area (Å²) in [6.45, 7) is 0.127. The number of phenolic OH excluding ortho intramolecular Hbond substituents is 1. The van der Waals surface area contributed by atoms with Crippen molar-refractivity contribution in [3.8, 4) is 35.3 Å². The second-order valence-electron chi connectivity index (χ2n) is 5.97. The fraction of sp³-hybridized carbons (Fsp3) is 0.125. The highest BCUT2D eigenvalue weighted by molar-refractivity contribution is 6.02. The fourth-order valence-corrected chi connectivity index (χ4v) is 2.43. The lowest BCUT2D eigenvalue weighted by atomic mass is 10.1. The molecule has 0 saturated heterocycles. The third kappa shape index (κ3) is 6.50. The molecule has 0 aliphatic rings. The number of allylic oxidation sites excluding steroid dienone is 3. The van der Waals surface area contributed by atoms with Gasteiger partial charge in [0.05, 0.1) is 14.2 Å². The van der Waals surface area contributed by atoms with E-state index in [4.69, 9.17) is 20.6 Å². The Morgan fingerprint density at radius 1 is 1.00 bits per heavy atom. The van der Waals surface area contributed by atoms with E-state index in [0.717, 1.165) is 11.6 Å². The zero-order chi connectivity index (χ0) is 21.9. The van der Waals surface area contributed by atoms with E-state index < -0.39 is 5.78 Å². The number of aliphatic hydroxyl groups is 1. The van der Waals surface area contributed by atoms with Gasteiger partial charge in [-0.15, -0.1) is 6.42 Å². The van der Waals surface area contributed by atoms with Crippen LogP contribution in [0.3, 0.4) is 0 Å². The highest BCUT2D eigenvalue weighted by atomic mass is 16.5. The summed E-state index contributed by atoms with van der Waals surface area (Å²) >= 11 is 0. The molecule has 0 saturated carbocycles. The van der Waals surface area contributed by atoms with Crippen LogP contribution in [-0.4, -0.2) is 36.8 Å². The molecule has 154 valence electrons. The molecule has 2 N–H and O–H groups in total. The van der Waals surface area contributed by atoms with Crippen LogP contribution in [0.5, 0.6) is 23.0 Å². The van der Waals surface area contributed by atoms with Crippen molar-refractivity contribution in [3.05, 3.63) is 71.5 Å². The van der Waals surface area contributed by atoms with Crippen molar-refractivity contribution >= 4 is 17.9 Å². The van der Waals surface area contributed by atoms with E-state index in [1.165, 1.54) is 32.4 Å². The molecule has 0 aliphatic carbocycles. The molecule has 0 fully saturated rings. The van der Waals surface area contributed by atoms with Crippen LogP contribution >= 0.6 is 0 Å². The average molecular weight is 406 g/mol. The van der Waals surface area contributed by atoms with E-state index in [9.17, 15) is 15.0 Å². The van der Waals surface area contributed by atoms with Crippen LogP contribution in [0.4, 0.5) is 0 Å². The van der Waals surface area contributed by atoms with Crippen molar-refractivity contribution in [1.29, 1.82) is 0 Å². The predicted molar refractivity (Wildman–Crippen MR) is 116 cm³/mol. The molecule has 0 aliphatic heterocycles. The third-order valence-electron chi connectivity index (χ3n) is 3.88. The first-order chi connectivity index (χ1) is 14.5. The number of benzene rings is 2. The highest BCUT2D eigenvalue weighted by Gasteiger charge is 2.04. The minimum Gasteiger partial charge on any atom is -0.508 e. The number of aliphatic hydroxyl groups excluding tert-OH is 1. The Hall–Kier alpha value is -4.11. The minimum absolute atomic E-state index is 0.0101. The lowest BCUT2D eigenvalue weighted by molar-refractivity contribution is -0.110. The maximum atomic E-state index is 12.0. The van der Waals surface area contributed by atoms with Gasteiger partial charge in [0.25, 0.3) is 0 Å². The summed E-state index contributed by atoms with van der Waals surface area (Å²) in [5.74, 6) is 3.10. The first-order valence-corrected chi connectivity index (χ1v) is 8.89. The van der Waals surface area contributed by atoms with Crippen LogP contribution in [0, 0.1) is 12.3 Å². The summed E-state index contributed by atoms with van der Waals surface area (Å²) in [7, 11) is 2.95. The molecule has 6 nitrogen and oxygen atoms in total. The van der Waals surface area contributed by atoms with Gasteiger partial charge in [-0.1, -0.05) is 30.2 Å². The number of hydrogen-bond donors (Lipinski definition) is 2. The summed E-state index contributed by atoms with van der Waals surface area (Å²) in [5, 5.41) is 19.6. The number of aromatic hydroxyl groups is 1. The molecular weight excluding hydrogens is 384 g/mol. The minimum atomic E-state index is -0.403. The monoisotopic (exact) mass is 406 g/mol. The zero-order valence-electron chi connectivity index (χ0n) is 16.7. The van der Waals surface area contributed by atoms with Gasteiger partial charge in [0, 0.05) is 6.08 Å². The van der Waals surface area contributed by atoms with Gasteiger partial charge in [-0.05, 0) is 47.5 Å². The SMILES string of the molecule is C#CCOc1ccc(/C=C/C(O)=C/C(=O)/C=C/c2ccc(O)c(OC)c2)cc1OC. The van der Waals surface area contributed by atoms with Gasteiger partial charge < -0.3 is 24.4 Å². The molecule has 2 aromatic carbocycles. The zero-order valence-corrected chi connectivity index (χ0v) is 16.7. The van der Waals surface area contributed by atoms with Crippen molar-refractivity contribution in [3.63, 3.8) is 0 Å². The maximum Gasteiger partial charge on any atom is 0.182 e. The molecule has 2 aromatic rings. The fourth-order valence-electron chi connectivity index (χ4n) is 2.43.